The highest BCUT2D eigenvalue weighted by Gasteiger charge is 2.09. The Bertz CT molecular complexity index is 896. The van der Waals surface area contributed by atoms with E-state index in [4.69, 9.17) is 17.0 Å². The number of aromatic amines is 1. The topological polar surface area (TPSA) is 54.9 Å². The number of H-pyrrole nitrogens is 1. The molecule has 124 valence electrons. The lowest BCUT2D eigenvalue weighted by Crippen LogP contribution is -2.16. The van der Waals surface area contributed by atoms with Crippen molar-refractivity contribution in [1.82, 2.24) is 14.9 Å². The molecular formula is C18H20N4OS. The quantitative estimate of drug-likeness (QED) is 0.690. The van der Waals surface area contributed by atoms with E-state index in [0.717, 1.165) is 28.3 Å². The second-order valence-corrected chi connectivity index (χ2v) is 6.08. The van der Waals surface area contributed by atoms with Gasteiger partial charge in [0.2, 0.25) is 4.77 Å². The van der Waals surface area contributed by atoms with Crippen LogP contribution in [0, 0.1) is 18.6 Å². The molecule has 3 rings (SSSR count). The zero-order valence-corrected chi connectivity index (χ0v) is 14.8. The number of nitrogens with one attached hydrogen (secondary N) is 2. The Hall–Kier alpha value is -2.60. The van der Waals surface area contributed by atoms with Crippen LogP contribution in [0.5, 0.6) is 5.75 Å². The van der Waals surface area contributed by atoms with E-state index in [1.807, 2.05) is 31.2 Å². The van der Waals surface area contributed by atoms with E-state index in [9.17, 15) is 0 Å². The molecule has 0 aliphatic rings. The monoisotopic (exact) mass is 340 g/mol. The average molecular weight is 340 g/mol. The lowest BCUT2D eigenvalue weighted by Gasteiger charge is -2.12. The van der Waals surface area contributed by atoms with Crippen molar-refractivity contribution in [3.63, 3.8) is 0 Å². The van der Waals surface area contributed by atoms with Crippen LogP contribution in [0.4, 0.5) is 0 Å². The van der Waals surface area contributed by atoms with Gasteiger partial charge in [-0.1, -0.05) is 42.0 Å². The number of ether oxygens (including phenoxy) is 1. The number of rotatable bonds is 5. The molecule has 0 atom stereocenters. The molecule has 0 bridgehead atoms. The van der Waals surface area contributed by atoms with Crippen molar-refractivity contribution in [2.75, 3.05) is 12.5 Å². The highest BCUT2D eigenvalue weighted by Crippen LogP contribution is 2.20. The molecule has 2 N–H and O–H groups in total. The molecule has 0 aliphatic carbocycles. The van der Waals surface area contributed by atoms with Crippen molar-refractivity contribution in [2.24, 2.45) is 0 Å². The molecule has 0 spiro atoms. The van der Waals surface area contributed by atoms with E-state index >= 15 is 0 Å². The number of benzene rings is 2. The second-order valence-electron chi connectivity index (χ2n) is 5.69. The van der Waals surface area contributed by atoms with Crippen molar-refractivity contribution in [1.29, 1.82) is 0 Å². The molecule has 0 saturated heterocycles. The van der Waals surface area contributed by atoms with E-state index in [0.29, 0.717) is 11.3 Å². The summed E-state index contributed by atoms with van der Waals surface area (Å²) in [5.41, 5.74) is 7.80. The highest BCUT2D eigenvalue weighted by molar-refractivity contribution is 7.71. The highest BCUT2D eigenvalue weighted by atomic mass is 32.1. The molecule has 0 saturated carbocycles. The standard InChI is InChI=1S/C18H20N4OS/c1-12-4-7-15(8-5-12)17-20-21-18(24)22(17)19-11-14-6-9-16(23-3)13(2)10-14/h4-10,19H,11H2,1-3H3,(H,21,24). The lowest BCUT2D eigenvalue weighted by molar-refractivity contribution is 0.411. The zero-order valence-electron chi connectivity index (χ0n) is 14.0. The normalized spacial score (nSPS) is 10.6. The van der Waals surface area contributed by atoms with Crippen LogP contribution in [0.3, 0.4) is 0 Å². The van der Waals surface area contributed by atoms with Gasteiger partial charge in [0, 0.05) is 5.56 Å². The van der Waals surface area contributed by atoms with Gasteiger partial charge in [-0.25, -0.2) is 9.77 Å². The van der Waals surface area contributed by atoms with Crippen LogP contribution >= 0.6 is 12.2 Å². The van der Waals surface area contributed by atoms with Crippen LogP contribution in [0.15, 0.2) is 42.5 Å². The van der Waals surface area contributed by atoms with Crippen molar-refractivity contribution in [2.45, 2.75) is 20.4 Å². The third-order valence-electron chi connectivity index (χ3n) is 3.88. The molecule has 24 heavy (non-hydrogen) atoms. The summed E-state index contributed by atoms with van der Waals surface area (Å²) in [5.74, 6) is 1.66. The van der Waals surface area contributed by atoms with Gasteiger partial charge in [-0.15, -0.1) is 0 Å². The molecule has 1 heterocycles. The molecule has 5 nitrogen and oxygen atoms in total. The number of aromatic nitrogens is 3. The van der Waals surface area contributed by atoms with Gasteiger partial charge in [-0.3, -0.25) is 0 Å². The maximum atomic E-state index is 5.34. The van der Waals surface area contributed by atoms with Crippen LogP contribution in [-0.4, -0.2) is 22.0 Å². The van der Waals surface area contributed by atoms with E-state index in [1.54, 1.807) is 11.8 Å². The largest absolute Gasteiger partial charge is 0.496 e. The van der Waals surface area contributed by atoms with E-state index in [-0.39, 0.29) is 0 Å². The van der Waals surface area contributed by atoms with Gasteiger partial charge in [0.1, 0.15) is 5.75 Å². The van der Waals surface area contributed by atoms with Gasteiger partial charge >= 0.3 is 0 Å². The van der Waals surface area contributed by atoms with E-state index < -0.39 is 0 Å². The Morgan fingerprint density at radius 3 is 2.58 bits per heavy atom. The van der Waals surface area contributed by atoms with Gasteiger partial charge in [-0.2, -0.15) is 5.10 Å². The minimum absolute atomic E-state index is 0.538. The van der Waals surface area contributed by atoms with Crippen LogP contribution in [-0.2, 0) is 6.54 Å². The van der Waals surface area contributed by atoms with Crippen LogP contribution < -0.4 is 10.2 Å². The molecule has 0 amide bonds. The first-order valence-electron chi connectivity index (χ1n) is 7.70. The Kier molecular flexibility index (Phi) is 4.66. The third-order valence-corrected chi connectivity index (χ3v) is 4.16. The van der Waals surface area contributed by atoms with E-state index in [1.165, 1.54) is 5.56 Å². The summed E-state index contributed by atoms with van der Waals surface area (Å²) in [6, 6.07) is 14.3. The summed E-state index contributed by atoms with van der Waals surface area (Å²) in [7, 11) is 1.68. The summed E-state index contributed by atoms with van der Waals surface area (Å²) < 4.78 is 7.64. The Morgan fingerprint density at radius 1 is 1.17 bits per heavy atom. The molecule has 6 heteroatoms. The predicted molar refractivity (Wildman–Crippen MR) is 98.4 cm³/mol. The van der Waals surface area contributed by atoms with Crippen molar-refractivity contribution in [3.05, 3.63) is 63.9 Å². The summed E-state index contributed by atoms with van der Waals surface area (Å²) in [5, 5.41) is 7.19. The Morgan fingerprint density at radius 2 is 1.92 bits per heavy atom. The fourth-order valence-electron chi connectivity index (χ4n) is 2.56. The van der Waals surface area contributed by atoms with E-state index in [2.05, 4.69) is 40.7 Å². The number of hydrogen-bond donors (Lipinski definition) is 2. The Balaban J connectivity index is 1.83. The summed E-state index contributed by atoms with van der Waals surface area (Å²) >= 11 is 5.34. The summed E-state index contributed by atoms with van der Waals surface area (Å²) in [4.78, 5) is 0. The SMILES string of the molecule is COc1ccc(CNn2c(-c3ccc(C)cc3)n[nH]c2=S)cc1C. The number of hydrogen-bond acceptors (Lipinski definition) is 4. The van der Waals surface area contributed by atoms with Crippen LogP contribution in [0.2, 0.25) is 0 Å². The first-order valence-corrected chi connectivity index (χ1v) is 8.11. The molecule has 3 aromatic rings. The molecule has 0 aliphatic heterocycles. The lowest BCUT2D eigenvalue weighted by atomic mass is 10.1. The fourth-order valence-corrected chi connectivity index (χ4v) is 2.76. The molecule has 2 aromatic carbocycles. The predicted octanol–water partition coefficient (Wildman–Crippen LogP) is 3.98. The maximum Gasteiger partial charge on any atom is 0.214 e. The average Bonchev–Trinajstić information content (AvgIpc) is 2.94. The van der Waals surface area contributed by atoms with Gasteiger partial charge in [0.15, 0.2) is 5.82 Å². The van der Waals surface area contributed by atoms with Crippen molar-refractivity contribution < 1.29 is 4.74 Å². The molecule has 0 fully saturated rings. The Labute approximate surface area is 146 Å². The fraction of sp³-hybridized carbons (Fsp3) is 0.222. The minimum Gasteiger partial charge on any atom is -0.496 e. The van der Waals surface area contributed by atoms with Crippen LogP contribution in [0.25, 0.3) is 11.4 Å². The van der Waals surface area contributed by atoms with Crippen molar-refractivity contribution >= 4 is 12.2 Å². The molecular weight excluding hydrogens is 320 g/mol. The maximum absolute atomic E-state index is 5.34. The number of nitrogens with zero attached hydrogens (tertiary/aromatic N) is 2. The number of aryl methyl sites for hydroxylation is 2. The second kappa shape index (κ2) is 6.88. The summed E-state index contributed by atoms with van der Waals surface area (Å²) in [6.07, 6.45) is 0. The van der Waals surface area contributed by atoms with Gasteiger partial charge in [0.25, 0.3) is 0 Å². The minimum atomic E-state index is 0.538. The van der Waals surface area contributed by atoms with Gasteiger partial charge in [-0.05, 0) is 43.3 Å². The van der Waals surface area contributed by atoms with Gasteiger partial charge in [0.05, 0.1) is 13.7 Å². The molecule has 1 aromatic heterocycles. The van der Waals surface area contributed by atoms with Crippen LogP contribution in [0.1, 0.15) is 16.7 Å². The third kappa shape index (κ3) is 3.33. The summed E-state index contributed by atoms with van der Waals surface area (Å²) in [6.45, 7) is 4.73. The molecule has 0 radical (unpaired) electrons. The first kappa shape index (κ1) is 16.3. The molecule has 0 unspecified atom stereocenters. The van der Waals surface area contributed by atoms with Gasteiger partial charge < -0.3 is 10.2 Å². The van der Waals surface area contributed by atoms with Crippen molar-refractivity contribution in [3.8, 4) is 17.1 Å². The number of methoxy groups -OCH3 is 1. The smallest absolute Gasteiger partial charge is 0.214 e. The zero-order chi connectivity index (χ0) is 17.1. The first-order chi connectivity index (χ1) is 11.6.